The van der Waals surface area contributed by atoms with Gasteiger partial charge in [0, 0.05) is 5.54 Å². The lowest BCUT2D eigenvalue weighted by molar-refractivity contribution is 0.0672. The van der Waals surface area contributed by atoms with Gasteiger partial charge >= 0.3 is 0 Å². The number of benzene rings is 1. The summed E-state index contributed by atoms with van der Waals surface area (Å²) < 4.78 is 0. The minimum absolute atomic E-state index is 0.133. The molecule has 0 aliphatic heterocycles. The highest BCUT2D eigenvalue weighted by atomic mass is 16.3. The number of hydrogen-bond donors (Lipinski definition) is 3. The third-order valence-electron chi connectivity index (χ3n) is 2.46. The fourth-order valence-corrected chi connectivity index (χ4v) is 1.55. The van der Waals surface area contributed by atoms with Crippen LogP contribution in [0, 0.1) is 0 Å². The van der Waals surface area contributed by atoms with Crippen molar-refractivity contribution >= 4 is 5.96 Å². The van der Waals surface area contributed by atoms with Gasteiger partial charge < -0.3 is 16.2 Å². The van der Waals surface area contributed by atoms with Crippen molar-refractivity contribution in [1.82, 2.24) is 5.32 Å². The van der Waals surface area contributed by atoms with Crippen molar-refractivity contribution in [3.8, 4) is 0 Å². The monoisotopic (exact) mass is 249 g/mol. The van der Waals surface area contributed by atoms with Crippen LogP contribution in [0.4, 0.5) is 0 Å². The van der Waals surface area contributed by atoms with E-state index >= 15 is 0 Å². The highest BCUT2D eigenvalue weighted by Gasteiger charge is 2.22. The Balaban J connectivity index is 2.70. The fraction of sp³-hybridized carbons (Fsp3) is 0.500. The van der Waals surface area contributed by atoms with Crippen LogP contribution in [0.15, 0.2) is 35.3 Å². The van der Waals surface area contributed by atoms with Gasteiger partial charge in [0.2, 0.25) is 0 Å². The van der Waals surface area contributed by atoms with E-state index in [9.17, 15) is 5.11 Å². The standard InChI is InChI=1S/C14H23N3O/c1-13(2,3)17-12(15)16-10-14(4,18)11-8-6-5-7-9-11/h5-9,18H,10H2,1-4H3,(H3,15,16,17). The second kappa shape index (κ2) is 5.40. The molecule has 0 heterocycles. The van der Waals surface area contributed by atoms with Crippen molar-refractivity contribution in [3.05, 3.63) is 35.9 Å². The van der Waals surface area contributed by atoms with E-state index in [1.165, 1.54) is 0 Å². The minimum Gasteiger partial charge on any atom is -0.384 e. The zero-order valence-corrected chi connectivity index (χ0v) is 11.6. The first kappa shape index (κ1) is 14.5. The van der Waals surface area contributed by atoms with Gasteiger partial charge in [-0.2, -0.15) is 0 Å². The molecule has 0 spiro atoms. The first-order valence-electron chi connectivity index (χ1n) is 6.07. The molecule has 1 aromatic rings. The van der Waals surface area contributed by atoms with Crippen molar-refractivity contribution in [3.63, 3.8) is 0 Å². The van der Waals surface area contributed by atoms with Gasteiger partial charge in [0.15, 0.2) is 5.96 Å². The van der Waals surface area contributed by atoms with Crippen LogP contribution in [0.2, 0.25) is 0 Å². The lowest BCUT2D eigenvalue weighted by Crippen LogP contribution is -2.45. The zero-order chi connectivity index (χ0) is 13.8. The first-order chi connectivity index (χ1) is 8.21. The quantitative estimate of drug-likeness (QED) is 0.563. The number of nitrogens with one attached hydrogen (secondary N) is 1. The molecule has 0 aliphatic carbocycles. The van der Waals surface area contributed by atoms with Gasteiger partial charge in [-0.25, -0.2) is 0 Å². The van der Waals surface area contributed by atoms with Crippen molar-refractivity contribution in [2.75, 3.05) is 6.54 Å². The van der Waals surface area contributed by atoms with E-state index in [1.807, 2.05) is 51.1 Å². The van der Waals surface area contributed by atoms with Crippen LogP contribution in [0.25, 0.3) is 0 Å². The third kappa shape index (κ3) is 4.75. The molecule has 0 fully saturated rings. The molecule has 4 heteroatoms. The Morgan fingerprint density at radius 2 is 1.78 bits per heavy atom. The van der Waals surface area contributed by atoms with E-state index in [0.717, 1.165) is 5.56 Å². The molecule has 18 heavy (non-hydrogen) atoms. The van der Waals surface area contributed by atoms with Crippen LogP contribution < -0.4 is 11.1 Å². The molecule has 0 bridgehead atoms. The number of guanidine groups is 1. The second-order valence-electron chi connectivity index (χ2n) is 5.72. The largest absolute Gasteiger partial charge is 0.384 e. The van der Waals surface area contributed by atoms with Gasteiger partial charge in [-0.1, -0.05) is 30.3 Å². The van der Waals surface area contributed by atoms with Crippen molar-refractivity contribution in [1.29, 1.82) is 0 Å². The van der Waals surface area contributed by atoms with Crippen LogP contribution >= 0.6 is 0 Å². The molecule has 4 N–H and O–H groups in total. The average molecular weight is 249 g/mol. The Bertz CT molecular complexity index is 405. The number of rotatable bonds is 3. The molecule has 1 rings (SSSR count). The van der Waals surface area contributed by atoms with Crippen LogP contribution in [-0.2, 0) is 5.60 Å². The Morgan fingerprint density at radius 1 is 1.22 bits per heavy atom. The minimum atomic E-state index is -1.01. The summed E-state index contributed by atoms with van der Waals surface area (Å²) in [5, 5.41) is 13.4. The van der Waals surface area contributed by atoms with Gasteiger partial charge in [0.05, 0.1) is 6.54 Å². The normalized spacial score (nSPS) is 16.2. The number of aliphatic imine (C=N–C) groups is 1. The summed E-state index contributed by atoms with van der Waals surface area (Å²) in [5.74, 6) is 0.346. The van der Waals surface area contributed by atoms with E-state index in [2.05, 4.69) is 10.3 Å². The average Bonchev–Trinajstić information content (AvgIpc) is 2.26. The summed E-state index contributed by atoms with van der Waals surface area (Å²) in [6.07, 6.45) is 0. The predicted octanol–water partition coefficient (Wildman–Crippen LogP) is 1.60. The molecule has 0 aliphatic rings. The van der Waals surface area contributed by atoms with Crippen molar-refractivity contribution < 1.29 is 5.11 Å². The molecule has 1 aromatic carbocycles. The van der Waals surface area contributed by atoms with Crippen LogP contribution in [0.1, 0.15) is 33.3 Å². The molecular formula is C14H23N3O. The molecule has 0 saturated heterocycles. The molecule has 1 unspecified atom stereocenters. The molecule has 4 nitrogen and oxygen atoms in total. The van der Waals surface area contributed by atoms with E-state index < -0.39 is 5.60 Å². The molecule has 100 valence electrons. The summed E-state index contributed by atoms with van der Waals surface area (Å²) in [6, 6.07) is 9.46. The van der Waals surface area contributed by atoms with Crippen LogP contribution in [-0.4, -0.2) is 23.1 Å². The number of nitrogens with zero attached hydrogens (tertiary/aromatic N) is 1. The van der Waals surface area contributed by atoms with E-state index in [4.69, 9.17) is 5.73 Å². The Kier molecular flexibility index (Phi) is 4.35. The maximum absolute atomic E-state index is 10.3. The molecule has 1 atom stereocenters. The van der Waals surface area contributed by atoms with E-state index in [1.54, 1.807) is 6.92 Å². The Labute approximate surface area is 109 Å². The van der Waals surface area contributed by atoms with Gasteiger partial charge in [0.1, 0.15) is 5.60 Å². The number of nitrogens with two attached hydrogens (primary N) is 1. The predicted molar refractivity (Wildman–Crippen MR) is 75.4 cm³/mol. The first-order valence-corrected chi connectivity index (χ1v) is 6.07. The summed E-state index contributed by atoms with van der Waals surface area (Å²) in [5.41, 5.74) is 5.46. The van der Waals surface area contributed by atoms with Crippen LogP contribution in [0.3, 0.4) is 0 Å². The topological polar surface area (TPSA) is 70.6 Å². The van der Waals surface area contributed by atoms with Crippen LogP contribution in [0.5, 0.6) is 0 Å². The van der Waals surface area contributed by atoms with E-state index in [-0.39, 0.29) is 12.1 Å². The lowest BCUT2D eigenvalue weighted by Gasteiger charge is -2.24. The van der Waals surface area contributed by atoms with E-state index in [0.29, 0.717) is 5.96 Å². The zero-order valence-electron chi connectivity index (χ0n) is 11.6. The Morgan fingerprint density at radius 3 is 2.28 bits per heavy atom. The summed E-state index contributed by atoms with van der Waals surface area (Å²) >= 11 is 0. The molecule has 0 aromatic heterocycles. The maximum atomic E-state index is 10.3. The van der Waals surface area contributed by atoms with Gasteiger partial charge in [0.25, 0.3) is 0 Å². The van der Waals surface area contributed by atoms with Gasteiger partial charge in [-0.05, 0) is 33.3 Å². The Hall–Kier alpha value is -1.55. The van der Waals surface area contributed by atoms with Gasteiger partial charge in [-0.15, -0.1) is 0 Å². The smallest absolute Gasteiger partial charge is 0.189 e. The van der Waals surface area contributed by atoms with Crippen molar-refractivity contribution in [2.24, 2.45) is 10.7 Å². The number of aliphatic hydroxyl groups is 1. The fourth-order valence-electron chi connectivity index (χ4n) is 1.55. The summed E-state index contributed by atoms with van der Waals surface area (Å²) in [4.78, 5) is 4.19. The van der Waals surface area contributed by atoms with Crippen molar-refractivity contribution in [2.45, 2.75) is 38.8 Å². The maximum Gasteiger partial charge on any atom is 0.189 e. The third-order valence-corrected chi connectivity index (χ3v) is 2.46. The highest BCUT2D eigenvalue weighted by molar-refractivity contribution is 5.78. The lowest BCUT2D eigenvalue weighted by atomic mass is 9.96. The molecular weight excluding hydrogens is 226 g/mol. The molecule has 0 radical (unpaired) electrons. The molecule has 0 amide bonds. The number of hydrogen-bond acceptors (Lipinski definition) is 2. The summed E-state index contributed by atoms with van der Waals surface area (Å²) in [6.45, 7) is 7.97. The SMILES string of the molecule is CC(C)(C)NC(N)=NCC(C)(O)c1ccccc1. The summed E-state index contributed by atoms with van der Waals surface area (Å²) in [7, 11) is 0. The van der Waals surface area contributed by atoms with Gasteiger partial charge in [-0.3, -0.25) is 4.99 Å². The highest BCUT2D eigenvalue weighted by Crippen LogP contribution is 2.20. The second-order valence-corrected chi connectivity index (χ2v) is 5.72. The molecule has 0 saturated carbocycles.